The number of furan rings is 1. The van der Waals surface area contributed by atoms with E-state index in [1.54, 1.807) is 19.9 Å². The minimum Gasteiger partial charge on any atom is -0.459 e. The monoisotopic (exact) mass is 427 g/mol. The number of anilines is 1. The number of hydrogen-bond acceptors (Lipinski definition) is 5. The molecule has 0 fully saturated rings. The molecule has 8 nitrogen and oxygen atoms in total. The van der Waals surface area contributed by atoms with Crippen molar-refractivity contribution >= 4 is 39.1 Å². The molecule has 0 saturated heterocycles. The maximum Gasteiger partial charge on any atom is 0.287 e. The fraction of sp³-hybridized carbons (Fsp3) is 0.333. The fourth-order valence-corrected chi connectivity index (χ4v) is 4.43. The van der Waals surface area contributed by atoms with Crippen LogP contribution in [0, 0.1) is 0 Å². The molecule has 0 radical (unpaired) electrons. The van der Waals surface area contributed by atoms with Crippen LogP contribution in [-0.4, -0.2) is 43.7 Å². The lowest BCUT2D eigenvalue weighted by molar-refractivity contribution is -0.117. The Labute approximate surface area is 168 Å². The van der Waals surface area contributed by atoms with Crippen LogP contribution in [0.15, 0.2) is 45.9 Å². The first-order chi connectivity index (χ1) is 13.2. The highest BCUT2D eigenvalue weighted by atomic mass is 35.5. The molecule has 1 atom stereocenters. The van der Waals surface area contributed by atoms with E-state index in [1.807, 2.05) is 0 Å². The Morgan fingerprint density at radius 1 is 1.21 bits per heavy atom. The van der Waals surface area contributed by atoms with E-state index in [-0.39, 0.29) is 21.4 Å². The first-order valence-electron chi connectivity index (χ1n) is 8.65. The van der Waals surface area contributed by atoms with Gasteiger partial charge in [-0.1, -0.05) is 25.4 Å². The molecular formula is C18H22ClN3O5S. The van der Waals surface area contributed by atoms with Crippen LogP contribution in [-0.2, 0) is 14.8 Å². The number of carbonyl (C=O) groups is 2. The van der Waals surface area contributed by atoms with Crippen LogP contribution in [0.4, 0.5) is 5.69 Å². The van der Waals surface area contributed by atoms with Gasteiger partial charge < -0.3 is 15.1 Å². The number of sulfonamides is 1. The summed E-state index contributed by atoms with van der Waals surface area (Å²) >= 11 is 6.08. The predicted molar refractivity (Wildman–Crippen MR) is 106 cm³/mol. The highest BCUT2D eigenvalue weighted by Gasteiger charge is 2.25. The van der Waals surface area contributed by atoms with Crippen molar-refractivity contribution in [1.29, 1.82) is 0 Å². The van der Waals surface area contributed by atoms with E-state index >= 15 is 0 Å². The van der Waals surface area contributed by atoms with Gasteiger partial charge in [-0.15, -0.1) is 0 Å². The average Bonchev–Trinajstić information content (AvgIpc) is 3.18. The fourth-order valence-electron chi connectivity index (χ4n) is 2.47. The number of hydrogen-bond donors (Lipinski definition) is 2. The van der Waals surface area contributed by atoms with Crippen molar-refractivity contribution in [2.45, 2.75) is 31.7 Å². The SMILES string of the molecule is CCN(CC)S(=O)(=O)c1cc(NC(=O)C(C)NC(=O)c2ccco2)ccc1Cl. The van der Waals surface area contributed by atoms with Gasteiger partial charge in [-0.3, -0.25) is 9.59 Å². The Kier molecular flexibility index (Phi) is 7.22. The number of benzene rings is 1. The summed E-state index contributed by atoms with van der Waals surface area (Å²) in [5, 5.41) is 5.14. The number of rotatable bonds is 8. The zero-order valence-electron chi connectivity index (χ0n) is 15.7. The van der Waals surface area contributed by atoms with Crippen molar-refractivity contribution in [3.63, 3.8) is 0 Å². The lowest BCUT2D eigenvalue weighted by Gasteiger charge is -2.20. The number of amides is 2. The molecule has 1 unspecified atom stereocenters. The van der Waals surface area contributed by atoms with Crippen LogP contribution in [0.1, 0.15) is 31.3 Å². The van der Waals surface area contributed by atoms with E-state index in [1.165, 1.54) is 41.8 Å². The third kappa shape index (κ3) is 4.92. The second kappa shape index (κ2) is 9.22. The highest BCUT2D eigenvalue weighted by Crippen LogP contribution is 2.27. The quantitative estimate of drug-likeness (QED) is 0.673. The second-order valence-electron chi connectivity index (χ2n) is 5.90. The standard InChI is InChI=1S/C18H22ClN3O5S/c1-4-22(5-2)28(25,26)16-11-13(8-9-14(16)19)21-17(23)12(3)20-18(24)15-7-6-10-27-15/h6-12H,4-5H2,1-3H3,(H,20,24)(H,21,23). The third-order valence-corrected chi connectivity index (χ3v) is 6.54. The van der Waals surface area contributed by atoms with E-state index in [2.05, 4.69) is 10.6 Å². The first-order valence-corrected chi connectivity index (χ1v) is 10.5. The van der Waals surface area contributed by atoms with E-state index in [0.717, 1.165) is 0 Å². The Morgan fingerprint density at radius 3 is 2.46 bits per heavy atom. The summed E-state index contributed by atoms with van der Waals surface area (Å²) in [6, 6.07) is 6.35. The van der Waals surface area contributed by atoms with Crippen molar-refractivity contribution in [3.8, 4) is 0 Å². The molecule has 2 rings (SSSR count). The van der Waals surface area contributed by atoms with E-state index < -0.39 is 27.9 Å². The molecule has 1 aromatic heterocycles. The van der Waals surface area contributed by atoms with Gasteiger partial charge in [0.05, 0.1) is 11.3 Å². The van der Waals surface area contributed by atoms with Gasteiger partial charge >= 0.3 is 0 Å². The summed E-state index contributed by atoms with van der Waals surface area (Å²) in [5.74, 6) is -0.972. The van der Waals surface area contributed by atoms with Crippen LogP contribution in [0.2, 0.25) is 5.02 Å². The molecule has 10 heteroatoms. The van der Waals surface area contributed by atoms with E-state index in [9.17, 15) is 18.0 Å². The molecule has 28 heavy (non-hydrogen) atoms. The van der Waals surface area contributed by atoms with Crippen molar-refractivity contribution in [2.75, 3.05) is 18.4 Å². The van der Waals surface area contributed by atoms with Gasteiger partial charge in [0.2, 0.25) is 15.9 Å². The van der Waals surface area contributed by atoms with Gasteiger partial charge in [-0.25, -0.2) is 8.42 Å². The Hall–Kier alpha value is -2.36. The van der Waals surface area contributed by atoms with Crippen LogP contribution in [0.3, 0.4) is 0 Å². The lowest BCUT2D eigenvalue weighted by Crippen LogP contribution is -2.41. The summed E-state index contributed by atoms with van der Waals surface area (Å²) in [4.78, 5) is 24.2. The number of nitrogens with zero attached hydrogens (tertiary/aromatic N) is 1. The van der Waals surface area contributed by atoms with Gasteiger partial charge in [0.25, 0.3) is 5.91 Å². The maximum absolute atomic E-state index is 12.7. The van der Waals surface area contributed by atoms with Crippen molar-refractivity contribution in [3.05, 3.63) is 47.4 Å². The molecular weight excluding hydrogens is 406 g/mol. The molecule has 0 saturated carbocycles. The Bertz CT molecular complexity index is 940. The number of halogens is 1. The molecule has 2 aromatic rings. The van der Waals surface area contributed by atoms with Crippen LogP contribution >= 0.6 is 11.6 Å². The summed E-state index contributed by atoms with van der Waals surface area (Å²) in [5.41, 5.74) is 0.249. The number of carbonyl (C=O) groups excluding carboxylic acids is 2. The molecule has 1 aromatic carbocycles. The largest absolute Gasteiger partial charge is 0.459 e. The molecule has 0 aliphatic heterocycles. The maximum atomic E-state index is 12.7. The van der Waals surface area contributed by atoms with Crippen LogP contribution < -0.4 is 10.6 Å². The van der Waals surface area contributed by atoms with Gasteiger partial charge in [0, 0.05) is 18.8 Å². The smallest absolute Gasteiger partial charge is 0.287 e. The second-order valence-corrected chi connectivity index (χ2v) is 8.21. The average molecular weight is 428 g/mol. The lowest BCUT2D eigenvalue weighted by atomic mass is 10.2. The third-order valence-electron chi connectivity index (χ3n) is 4.01. The summed E-state index contributed by atoms with van der Waals surface area (Å²) < 4.78 is 31.7. The topological polar surface area (TPSA) is 109 Å². The van der Waals surface area contributed by atoms with Crippen molar-refractivity contribution in [1.82, 2.24) is 9.62 Å². The first kappa shape index (κ1) is 21.9. The number of nitrogens with one attached hydrogen (secondary N) is 2. The van der Waals surface area contributed by atoms with E-state index in [4.69, 9.17) is 16.0 Å². The molecule has 0 spiro atoms. The molecule has 0 aliphatic carbocycles. The molecule has 0 aliphatic rings. The predicted octanol–water partition coefficient (Wildman–Crippen LogP) is 2.72. The summed E-state index contributed by atoms with van der Waals surface area (Å²) in [6.07, 6.45) is 1.35. The van der Waals surface area contributed by atoms with Crippen molar-refractivity contribution in [2.24, 2.45) is 0 Å². The molecule has 2 N–H and O–H groups in total. The highest BCUT2D eigenvalue weighted by molar-refractivity contribution is 7.89. The minimum atomic E-state index is -3.79. The summed E-state index contributed by atoms with van der Waals surface area (Å²) in [6.45, 7) is 5.54. The summed E-state index contributed by atoms with van der Waals surface area (Å²) in [7, 11) is -3.79. The van der Waals surface area contributed by atoms with E-state index in [0.29, 0.717) is 13.1 Å². The zero-order valence-corrected chi connectivity index (χ0v) is 17.3. The minimum absolute atomic E-state index is 0.0593. The molecule has 2 amide bonds. The van der Waals surface area contributed by atoms with Crippen LogP contribution in [0.25, 0.3) is 0 Å². The Balaban J connectivity index is 2.16. The normalized spacial score (nSPS) is 12.6. The van der Waals surface area contributed by atoms with Crippen molar-refractivity contribution < 1.29 is 22.4 Å². The van der Waals surface area contributed by atoms with Crippen LogP contribution in [0.5, 0.6) is 0 Å². The molecule has 1 heterocycles. The van der Waals surface area contributed by atoms with Gasteiger partial charge in [0.1, 0.15) is 10.9 Å². The Morgan fingerprint density at radius 2 is 1.89 bits per heavy atom. The van der Waals surface area contributed by atoms with Gasteiger partial charge in [-0.2, -0.15) is 4.31 Å². The van der Waals surface area contributed by atoms with Gasteiger partial charge in [0.15, 0.2) is 5.76 Å². The molecule has 0 bridgehead atoms. The zero-order chi connectivity index (χ0) is 20.9. The molecule has 152 valence electrons. The van der Waals surface area contributed by atoms with Gasteiger partial charge in [-0.05, 0) is 37.3 Å².